The van der Waals surface area contributed by atoms with E-state index in [4.69, 9.17) is 0 Å². The average Bonchev–Trinajstić information content (AvgIpc) is 2.80. The van der Waals surface area contributed by atoms with Crippen LogP contribution in [0, 0.1) is 11.3 Å². The number of hydrogen-bond donors (Lipinski definition) is 0. The van der Waals surface area contributed by atoms with Gasteiger partial charge in [-0.15, -0.1) is 5.10 Å². The fraction of sp³-hybridized carbons (Fsp3) is 0.438. The Balaban J connectivity index is 2.01. The summed E-state index contributed by atoms with van der Waals surface area (Å²) in [4.78, 5) is 0. The van der Waals surface area contributed by atoms with Crippen molar-refractivity contribution in [3.05, 3.63) is 41.2 Å². The van der Waals surface area contributed by atoms with Gasteiger partial charge in [-0.05, 0) is 36.5 Å². The molecule has 0 aliphatic heterocycles. The molecule has 0 amide bonds. The number of hydrogen-bond acceptors (Lipinski definition) is 3. The fourth-order valence-electron chi connectivity index (χ4n) is 2.61. The molecule has 0 saturated heterocycles. The highest BCUT2D eigenvalue weighted by atomic mass is 15.4. The molecule has 0 bridgehead atoms. The smallest absolute Gasteiger partial charge is 0.186 e. The zero-order valence-electron chi connectivity index (χ0n) is 11.9. The lowest BCUT2D eigenvalue weighted by atomic mass is 9.82. The molecule has 0 N–H and O–H groups in total. The maximum absolute atomic E-state index is 9.20. The summed E-state index contributed by atoms with van der Waals surface area (Å²) in [5, 5.41) is 17.4. The standard InChI is InChI=1S/C16H18N4/c1-11(2)12-6-8-14(9-7-12)20-16(13-4-3-5-13)15(10-17)18-19-20/h6-9,11,13H,3-5H2,1-2H3. The Morgan fingerprint density at radius 1 is 1.25 bits per heavy atom. The van der Waals surface area contributed by atoms with Gasteiger partial charge in [0.15, 0.2) is 5.69 Å². The van der Waals surface area contributed by atoms with Crippen molar-refractivity contribution in [2.45, 2.75) is 44.9 Å². The number of aromatic nitrogens is 3. The highest BCUT2D eigenvalue weighted by Gasteiger charge is 2.28. The molecule has 0 atom stereocenters. The minimum absolute atomic E-state index is 0.435. The van der Waals surface area contributed by atoms with Gasteiger partial charge in [-0.3, -0.25) is 0 Å². The fourth-order valence-corrected chi connectivity index (χ4v) is 2.61. The number of nitrogens with zero attached hydrogens (tertiary/aromatic N) is 4. The molecule has 1 saturated carbocycles. The van der Waals surface area contributed by atoms with Crippen LogP contribution in [0.4, 0.5) is 0 Å². The minimum atomic E-state index is 0.435. The van der Waals surface area contributed by atoms with E-state index in [0.29, 0.717) is 17.5 Å². The second-order valence-electron chi connectivity index (χ2n) is 5.72. The minimum Gasteiger partial charge on any atom is -0.216 e. The Morgan fingerprint density at radius 2 is 1.95 bits per heavy atom. The van der Waals surface area contributed by atoms with E-state index in [1.807, 2.05) is 4.68 Å². The van der Waals surface area contributed by atoms with Crippen molar-refractivity contribution in [3.8, 4) is 11.8 Å². The summed E-state index contributed by atoms with van der Waals surface area (Å²) >= 11 is 0. The summed E-state index contributed by atoms with van der Waals surface area (Å²) in [5.74, 6) is 0.949. The van der Waals surface area contributed by atoms with Gasteiger partial charge in [0.2, 0.25) is 0 Å². The Morgan fingerprint density at radius 3 is 2.45 bits per heavy atom. The van der Waals surface area contributed by atoms with Crippen LogP contribution in [-0.2, 0) is 0 Å². The first-order valence-corrected chi connectivity index (χ1v) is 7.16. The highest BCUT2D eigenvalue weighted by molar-refractivity contribution is 5.40. The first-order valence-electron chi connectivity index (χ1n) is 7.16. The van der Waals surface area contributed by atoms with E-state index >= 15 is 0 Å². The molecule has 1 heterocycles. The molecule has 1 aliphatic carbocycles. The molecular weight excluding hydrogens is 248 g/mol. The Hall–Kier alpha value is -2.15. The van der Waals surface area contributed by atoms with E-state index in [2.05, 4.69) is 54.5 Å². The molecule has 1 aliphatic rings. The monoisotopic (exact) mass is 266 g/mol. The average molecular weight is 266 g/mol. The topological polar surface area (TPSA) is 54.5 Å². The van der Waals surface area contributed by atoms with Crippen LogP contribution in [0.25, 0.3) is 5.69 Å². The lowest BCUT2D eigenvalue weighted by Gasteiger charge is -2.25. The Bertz CT molecular complexity index is 642. The third-order valence-corrected chi connectivity index (χ3v) is 4.11. The van der Waals surface area contributed by atoms with Crippen LogP contribution in [0.2, 0.25) is 0 Å². The second kappa shape index (κ2) is 5.09. The molecule has 1 fully saturated rings. The molecule has 0 spiro atoms. The van der Waals surface area contributed by atoms with E-state index in [0.717, 1.165) is 24.2 Å². The van der Waals surface area contributed by atoms with Crippen LogP contribution in [0.5, 0.6) is 0 Å². The molecule has 1 aromatic carbocycles. The summed E-state index contributed by atoms with van der Waals surface area (Å²) < 4.78 is 1.84. The van der Waals surface area contributed by atoms with Gasteiger partial charge in [0.25, 0.3) is 0 Å². The molecular formula is C16H18N4. The van der Waals surface area contributed by atoms with Gasteiger partial charge in [-0.2, -0.15) is 5.26 Å². The van der Waals surface area contributed by atoms with E-state index in [-0.39, 0.29) is 0 Å². The van der Waals surface area contributed by atoms with E-state index < -0.39 is 0 Å². The van der Waals surface area contributed by atoms with Crippen molar-refractivity contribution in [1.29, 1.82) is 5.26 Å². The molecule has 2 aromatic rings. The molecule has 102 valence electrons. The Labute approximate surface area is 119 Å². The van der Waals surface area contributed by atoms with Crippen molar-refractivity contribution in [3.63, 3.8) is 0 Å². The zero-order chi connectivity index (χ0) is 14.1. The maximum atomic E-state index is 9.20. The van der Waals surface area contributed by atoms with Gasteiger partial charge >= 0.3 is 0 Å². The van der Waals surface area contributed by atoms with Crippen LogP contribution in [0.1, 0.15) is 61.9 Å². The van der Waals surface area contributed by atoms with Crippen molar-refractivity contribution < 1.29 is 0 Å². The molecule has 20 heavy (non-hydrogen) atoms. The molecule has 3 rings (SSSR count). The largest absolute Gasteiger partial charge is 0.216 e. The van der Waals surface area contributed by atoms with E-state index in [1.54, 1.807) is 0 Å². The van der Waals surface area contributed by atoms with Gasteiger partial charge in [0.1, 0.15) is 6.07 Å². The number of rotatable bonds is 3. The van der Waals surface area contributed by atoms with Crippen LogP contribution >= 0.6 is 0 Å². The normalized spacial score (nSPS) is 15.1. The van der Waals surface area contributed by atoms with E-state index in [9.17, 15) is 5.26 Å². The summed E-state index contributed by atoms with van der Waals surface area (Å²) in [6.07, 6.45) is 3.49. The SMILES string of the molecule is CC(C)c1ccc(-n2nnc(C#N)c2C2CCC2)cc1. The van der Waals surface area contributed by atoms with Crippen LogP contribution in [-0.4, -0.2) is 15.0 Å². The lowest BCUT2D eigenvalue weighted by molar-refractivity contribution is 0.402. The highest BCUT2D eigenvalue weighted by Crippen LogP contribution is 2.38. The van der Waals surface area contributed by atoms with Crippen LogP contribution in [0.15, 0.2) is 24.3 Å². The summed E-state index contributed by atoms with van der Waals surface area (Å²) in [6.45, 7) is 4.36. The molecule has 0 radical (unpaired) electrons. The first kappa shape index (κ1) is 12.9. The molecule has 1 aromatic heterocycles. The quantitative estimate of drug-likeness (QED) is 0.854. The van der Waals surface area contributed by atoms with Gasteiger partial charge in [-0.1, -0.05) is 37.6 Å². The van der Waals surface area contributed by atoms with Crippen LogP contribution in [0.3, 0.4) is 0 Å². The summed E-state index contributed by atoms with van der Waals surface area (Å²) in [7, 11) is 0. The molecule has 4 heteroatoms. The van der Waals surface area contributed by atoms with Gasteiger partial charge in [0.05, 0.1) is 11.4 Å². The third-order valence-electron chi connectivity index (χ3n) is 4.11. The Kier molecular flexibility index (Phi) is 3.27. The van der Waals surface area contributed by atoms with Crippen molar-refractivity contribution in [1.82, 2.24) is 15.0 Å². The van der Waals surface area contributed by atoms with Crippen LogP contribution < -0.4 is 0 Å². The maximum Gasteiger partial charge on any atom is 0.186 e. The first-order chi connectivity index (χ1) is 9.70. The van der Waals surface area contributed by atoms with Crippen molar-refractivity contribution in [2.24, 2.45) is 0 Å². The predicted molar refractivity (Wildman–Crippen MR) is 76.8 cm³/mol. The number of benzene rings is 1. The molecule has 4 nitrogen and oxygen atoms in total. The zero-order valence-corrected chi connectivity index (χ0v) is 11.9. The van der Waals surface area contributed by atoms with Crippen molar-refractivity contribution >= 4 is 0 Å². The van der Waals surface area contributed by atoms with Crippen molar-refractivity contribution in [2.75, 3.05) is 0 Å². The molecule has 0 unspecified atom stereocenters. The third kappa shape index (κ3) is 2.09. The lowest BCUT2D eigenvalue weighted by Crippen LogP contribution is -2.15. The predicted octanol–water partition coefficient (Wildman–Crippen LogP) is 3.53. The summed E-state index contributed by atoms with van der Waals surface area (Å²) in [5.41, 5.74) is 3.75. The second-order valence-corrected chi connectivity index (χ2v) is 5.72. The van der Waals surface area contributed by atoms with E-state index in [1.165, 1.54) is 12.0 Å². The van der Waals surface area contributed by atoms with Gasteiger partial charge in [0, 0.05) is 5.92 Å². The van der Waals surface area contributed by atoms with Gasteiger partial charge in [-0.25, -0.2) is 4.68 Å². The number of nitriles is 1. The summed E-state index contributed by atoms with van der Waals surface area (Å²) in [6, 6.07) is 10.5. The van der Waals surface area contributed by atoms with Gasteiger partial charge < -0.3 is 0 Å².